The predicted octanol–water partition coefficient (Wildman–Crippen LogP) is 2.59. The molecular weight excluding hydrogens is 288 g/mol. The Balaban J connectivity index is 4.39. The average molecular weight is 316 g/mol. The second-order valence-electron chi connectivity index (χ2n) is 5.91. The van der Waals surface area contributed by atoms with Crippen molar-refractivity contribution >= 4 is 18.1 Å². The Morgan fingerprint density at radius 1 is 1.05 bits per heavy atom. The maximum atomic E-state index is 11.5. The molecule has 0 aromatic carbocycles. The van der Waals surface area contributed by atoms with Crippen molar-refractivity contribution in [3.8, 4) is 0 Å². The monoisotopic (exact) mass is 316 g/mol. The number of imide groups is 1. The van der Waals surface area contributed by atoms with Gasteiger partial charge in [-0.15, -0.1) is 0 Å². The van der Waals surface area contributed by atoms with Crippen molar-refractivity contribution in [3.63, 3.8) is 0 Å². The second-order valence-corrected chi connectivity index (χ2v) is 5.91. The number of hydrogen-bond donors (Lipinski definition) is 2. The van der Waals surface area contributed by atoms with E-state index in [0.29, 0.717) is 0 Å². The summed E-state index contributed by atoms with van der Waals surface area (Å²) in [6.45, 7) is 9.38. The van der Waals surface area contributed by atoms with Crippen molar-refractivity contribution in [2.75, 3.05) is 13.2 Å². The Morgan fingerprint density at radius 3 is 2.05 bits per heavy atom. The Hall–Kier alpha value is -1.79. The summed E-state index contributed by atoms with van der Waals surface area (Å²) >= 11 is 0. The van der Waals surface area contributed by atoms with Crippen LogP contribution in [0.15, 0.2) is 0 Å². The van der Waals surface area contributed by atoms with Crippen LogP contribution in [0.2, 0.25) is 0 Å². The molecule has 7 nitrogen and oxygen atoms in total. The van der Waals surface area contributed by atoms with E-state index in [1.54, 1.807) is 6.92 Å². The molecule has 0 heterocycles. The van der Waals surface area contributed by atoms with Crippen LogP contribution in [0, 0.1) is 5.41 Å². The minimum atomic E-state index is -0.777. The van der Waals surface area contributed by atoms with Crippen molar-refractivity contribution in [2.24, 2.45) is 5.41 Å². The van der Waals surface area contributed by atoms with Crippen LogP contribution < -0.4 is 10.6 Å². The van der Waals surface area contributed by atoms with Gasteiger partial charge < -0.3 is 14.8 Å². The molecule has 3 amide bonds. The van der Waals surface area contributed by atoms with Crippen LogP contribution >= 0.6 is 0 Å². The molecule has 128 valence electrons. The Bertz CT molecular complexity index is 384. The molecule has 0 bridgehead atoms. The van der Waals surface area contributed by atoms with E-state index in [0.717, 1.165) is 12.8 Å². The van der Waals surface area contributed by atoms with E-state index in [1.807, 2.05) is 27.7 Å². The van der Waals surface area contributed by atoms with E-state index >= 15 is 0 Å². The first-order valence-corrected chi connectivity index (χ1v) is 7.62. The number of nitrogens with one attached hydrogen (secondary N) is 2. The van der Waals surface area contributed by atoms with Gasteiger partial charge in [-0.1, -0.05) is 27.2 Å². The summed E-state index contributed by atoms with van der Waals surface area (Å²) in [6.07, 6.45) is 0.505. The van der Waals surface area contributed by atoms with Crippen LogP contribution in [0.4, 0.5) is 9.59 Å². The van der Waals surface area contributed by atoms with Crippen molar-refractivity contribution < 1.29 is 23.9 Å². The highest BCUT2D eigenvalue weighted by Gasteiger charge is 2.28. The maximum Gasteiger partial charge on any atom is 0.413 e. The minimum absolute atomic E-state index is 0.00739. The van der Waals surface area contributed by atoms with E-state index in [-0.39, 0.29) is 25.7 Å². The fraction of sp³-hybridized carbons (Fsp3) is 0.800. The second kappa shape index (κ2) is 10.0. The SMILES string of the molecule is CCCC(C)(COC(=O)NC(=O)CC)COC(=O)NC(C)C. The van der Waals surface area contributed by atoms with Gasteiger partial charge >= 0.3 is 12.2 Å². The molecule has 0 aromatic rings. The summed E-state index contributed by atoms with van der Waals surface area (Å²) in [7, 11) is 0. The molecule has 0 radical (unpaired) electrons. The van der Waals surface area contributed by atoms with E-state index in [4.69, 9.17) is 9.47 Å². The molecule has 0 aliphatic heterocycles. The van der Waals surface area contributed by atoms with Crippen molar-refractivity contribution in [1.29, 1.82) is 0 Å². The third-order valence-electron chi connectivity index (χ3n) is 2.93. The summed E-state index contributed by atoms with van der Waals surface area (Å²) in [5.41, 5.74) is -0.490. The van der Waals surface area contributed by atoms with Crippen LogP contribution in [0.1, 0.15) is 53.9 Å². The highest BCUT2D eigenvalue weighted by Crippen LogP contribution is 2.24. The number of alkyl carbamates (subject to hydrolysis) is 2. The van der Waals surface area contributed by atoms with Gasteiger partial charge in [-0.3, -0.25) is 10.1 Å². The first kappa shape index (κ1) is 20.2. The zero-order chi connectivity index (χ0) is 17.2. The normalized spacial score (nSPS) is 13.2. The standard InChI is InChI=1S/C15H28N2O5/c1-6-8-15(5,9-21-13(19)16-11(3)4)10-22-14(20)17-12(18)7-2/h11H,6-10H2,1-5H3,(H,16,19)(H,17,18,20). The van der Waals surface area contributed by atoms with Crippen LogP contribution in [-0.2, 0) is 14.3 Å². The van der Waals surface area contributed by atoms with Crippen molar-refractivity contribution in [2.45, 2.75) is 59.9 Å². The van der Waals surface area contributed by atoms with Gasteiger partial charge in [0, 0.05) is 17.9 Å². The molecule has 7 heteroatoms. The first-order chi connectivity index (χ1) is 10.2. The third-order valence-corrected chi connectivity index (χ3v) is 2.93. The lowest BCUT2D eigenvalue weighted by molar-refractivity contribution is -0.120. The van der Waals surface area contributed by atoms with Gasteiger partial charge in [0.2, 0.25) is 5.91 Å². The first-order valence-electron chi connectivity index (χ1n) is 7.62. The summed E-state index contributed by atoms with van der Waals surface area (Å²) in [5, 5.41) is 4.75. The van der Waals surface area contributed by atoms with E-state index in [9.17, 15) is 14.4 Å². The van der Waals surface area contributed by atoms with E-state index in [1.165, 1.54) is 0 Å². The fourth-order valence-electron chi connectivity index (χ4n) is 1.78. The van der Waals surface area contributed by atoms with E-state index < -0.39 is 23.5 Å². The van der Waals surface area contributed by atoms with Gasteiger partial charge in [0.05, 0.1) is 0 Å². The largest absolute Gasteiger partial charge is 0.449 e. The molecule has 0 spiro atoms. The zero-order valence-electron chi connectivity index (χ0n) is 14.2. The smallest absolute Gasteiger partial charge is 0.413 e. The van der Waals surface area contributed by atoms with Gasteiger partial charge in [-0.05, 0) is 20.3 Å². The Kier molecular flexibility index (Phi) is 9.21. The maximum absolute atomic E-state index is 11.5. The molecule has 0 saturated heterocycles. The molecule has 1 atom stereocenters. The number of hydrogen-bond acceptors (Lipinski definition) is 5. The quantitative estimate of drug-likeness (QED) is 0.718. The Morgan fingerprint density at radius 2 is 1.59 bits per heavy atom. The van der Waals surface area contributed by atoms with Gasteiger partial charge in [0.25, 0.3) is 0 Å². The average Bonchev–Trinajstić information content (AvgIpc) is 2.43. The number of rotatable bonds is 8. The number of carbonyl (C=O) groups is 3. The van der Waals surface area contributed by atoms with Crippen molar-refractivity contribution in [3.05, 3.63) is 0 Å². The molecule has 22 heavy (non-hydrogen) atoms. The highest BCUT2D eigenvalue weighted by atomic mass is 16.6. The zero-order valence-corrected chi connectivity index (χ0v) is 14.2. The molecular formula is C15H28N2O5. The Labute approximate surface area is 132 Å². The lowest BCUT2D eigenvalue weighted by Gasteiger charge is -2.28. The van der Waals surface area contributed by atoms with Crippen LogP contribution in [0.25, 0.3) is 0 Å². The van der Waals surface area contributed by atoms with Crippen LogP contribution in [0.5, 0.6) is 0 Å². The van der Waals surface area contributed by atoms with Gasteiger partial charge in [0.1, 0.15) is 13.2 Å². The molecule has 0 aliphatic carbocycles. The highest BCUT2D eigenvalue weighted by molar-refractivity contribution is 5.91. The number of amides is 3. The fourth-order valence-corrected chi connectivity index (χ4v) is 1.78. The molecule has 0 saturated carbocycles. The van der Waals surface area contributed by atoms with Gasteiger partial charge in [-0.25, -0.2) is 9.59 Å². The van der Waals surface area contributed by atoms with Crippen molar-refractivity contribution in [1.82, 2.24) is 10.6 Å². The molecule has 2 N–H and O–H groups in total. The lowest BCUT2D eigenvalue weighted by atomic mass is 9.87. The summed E-state index contributed by atoms with van der Waals surface area (Å²) in [5.74, 6) is -0.394. The lowest BCUT2D eigenvalue weighted by Crippen LogP contribution is -2.38. The van der Waals surface area contributed by atoms with Crippen LogP contribution in [0.3, 0.4) is 0 Å². The molecule has 1 unspecified atom stereocenters. The molecule has 0 aromatic heterocycles. The summed E-state index contributed by atoms with van der Waals surface area (Å²) in [6, 6.07) is -0.00739. The summed E-state index contributed by atoms with van der Waals surface area (Å²) < 4.78 is 10.2. The molecule has 0 fully saturated rings. The number of ether oxygens (including phenoxy) is 2. The minimum Gasteiger partial charge on any atom is -0.449 e. The third kappa shape index (κ3) is 9.20. The van der Waals surface area contributed by atoms with Crippen LogP contribution in [-0.4, -0.2) is 37.3 Å². The summed E-state index contributed by atoms with van der Waals surface area (Å²) in [4.78, 5) is 34.1. The van der Waals surface area contributed by atoms with Gasteiger partial charge in [0.15, 0.2) is 0 Å². The molecule has 0 aliphatic rings. The topological polar surface area (TPSA) is 93.7 Å². The molecule has 0 rings (SSSR count). The predicted molar refractivity (Wildman–Crippen MR) is 82.4 cm³/mol. The van der Waals surface area contributed by atoms with Gasteiger partial charge in [-0.2, -0.15) is 0 Å². The van der Waals surface area contributed by atoms with E-state index in [2.05, 4.69) is 10.6 Å². The number of carbonyl (C=O) groups excluding carboxylic acids is 3.